The van der Waals surface area contributed by atoms with Gasteiger partial charge in [0.15, 0.2) is 9.84 Å². The van der Waals surface area contributed by atoms with Crippen LogP contribution in [0.15, 0.2) is 40.2 Å². The number of aromatic nitrogens is 1. The summed E-state index contributed by atoms with van der Waals surface area (Å²) in [6.07, 6.45) is 6.41. The molecule has 27 heavy (non-hydrogen) atoms. The summed E-state index contributed by atoms with van der Waals surface area (Å²) >= 11 is 0. The SMILES string of the molecule is CCS(=O)(=O)c1ccc(NCC2CC2)c(-c2cc(C3CC3)c(=O)n(C)c2)c1. The van der Waals surface area contributed by atoms with Crippen LogP contribution in [-0.2, 0) is 16.9 Å². The van der Waals surface area contributed by atoms with Gasteiger partial charge in [0.1, 0.15) is 0 Å². The van der Waals surface area contributed by atoms with Gasteiger partial charge in [0.2, 0.25) is 0 Å². The van der Waals surface area contributed by atoms with Crippen LogP contribution in [0.5, 0.6) is 0 Å². The van der Waals surface area contributed by atoms with Gasteiger partial charge in [-0.15, -0.1) is 0 Å². The van der Waals surface area contributed by atoms with Crippen LogP contribution in [-0.4, -0.2) is 25.3 Å². The minimum absolute atomic E-state index is 0.0473. The van der Waals surface area contributed by atoms with E-state index in [-0.39, 0.29) is 11.3 Å². The fourth-order valence-corrected chi connectivity index (χ4v) is 4.33. The molecule has 0 bridgehead atoms. The van der Waals surface area contributed by atoms with E-state index in [1.807, 2.05) is 18.3 Å². The minimum Gasteiger partial charge on any atom is -0.384 e. The Morgan fingerprint density at radius 3 is 2.52 bits per heavy atom. The summed E-state index contributed by atoms with van der Waals surface area (Å²) in [7, 11) is -1.53. The van der Waals surface area contributed by atoms with Gasteiger partial charge >= 0.3 is 0 Å². The van der Waals surface area contributed by atoms with Crippen molar-refractivity contribution in [3.05, 3.63) is 46.4 Å². The highest BCUT2D eigenvalue weighted by molar-refractivity contribution is 7.91. The predicted molar refractivity (Wildman–Crippen MR) is 108 cm³/mol. The van der Waals surface area contributed by atoms with Crippen molar-refractivity contribution in [2.45, 2.75) is 43.4 Å². The highest BCUT2D eigenvalue weighted by atomic mass is 32.2. The molecule has 0 radical (unpaired) electrons. The number of pyridine rings is 1. The fourth-order valence-electron chi connectivity index (χ4n) is 3.42. The first-order valence-electron chi connectivity index (χ1n) is 9.70. The minimum atomic E-state index is -3.29. The van der Waals surface area contributed by atoms with Crippen molar-refractivity contribution in [2.75, 3.05) is 17.6 Å². The maximum Gasteiger partial charge on any atom is 0.253 e. The number of benzene rings is 1. The van der Waals surface area contributed by atoms with E-state index >= 15 is 0 Å². The molecular weight excluding hydrogens is 360 g/mol. The van der Waals surface area contributed by atoms with Crippen LogP contribution in [0.1, 0.15) is 44.1 Å². The first kappa shape index (κ1) is 18.3. The van der Waals surface area contributed by atoms with E-state index in [1.165, 1.54) is 12.8 Å². The molecular formula is C21H26N2O3S. The number of hydrogen-bond acceptors (Lipinski definition) is 4. The zero-order chi connectivity index (χ0) is 19.2. The second kappa shape index (κ2) is 6.82. The van der Waals surface area contributed by atoms with Crippen LogP contribution < -0.4 is 10.9 Å². The van der Waals surface area contributed by atoms with E-state index in [1.54, 1.807) is 30.7 Å². The lowest BCUT2D eigenvalue weighted by atomic mass is 10.0. The Kier molecular flexibility index (Phi) is 4.62. The molecule has 4 rings (SSSR count). The lowest BCUT2D eigenvalue weighted by molar-refractivity contribution is 0.597. The number of sulfone groups is 1. The molecule has 0 saturated heterocycles. The van der Waals surface area contributed by atoms with E-state index in [9.17, 15) is 13.2 Å². The summed E-state index contributed by atoms with van der Waals surface area (Å²) < 4.78 is 26.4. The van der Waals surface area contributed by atoms with Crippen LogP contribution in [0.25, 0.3) is 11.1 Å². The Bertz CT molecular complexity index is 1030. The summed E-state index contributed by atoms with van der Waals surface area (Å²) in [4.78, 5) is 12.8. The van der Waals surface area contributed by atoms with Crippen molar-refractivity contribution in [3.8, 4) is 11.1 Å². The Hall–Kier alpha value is -2.08. The quantitative estimate of drug-likeness (QED) is 0.790. The number of anilines is 1. The van der Waals surface area contributed by atoms with Crippen LogP contribution in [0.4, 0.5) is 5.69 Å². The summed E-state index contributed by atoms with van der Waals surface area (Å²) in [6.45, 7) is 2.56. The van der Waals surface area contributed by atoms with Gasteiger partial charge in [-0.1, -0.05) is 6.92 Å². The number of aryl methyl sites for hydroxylation is 1. The Labute approximate surface area is 160 Å². The molecule has 144 valence electrons. The second-order valence-electron chi connectivity index (χ2n) is 7.81. The molecule has 1 aromatic carbocycles. The van der Waals surface area contributed by atoms with Crippen LogP contribution in [0.2, 0.25) is 0 Å². The maximum atomic E-state index is 12.5. The van der Waals surface area contributed by atoms with Crippen LogP contribution >= 0.6 is 0 Å². The molecule has 1 aromatic heterocycles. The molecule has 1 N–H and O–H groups in total. The predicted octanol–water partition coefficient (Wildman–Crippen LogP) is 3.55. The third-order valence-corrected chi connectivity index (χ3v) is 7.28. The molecule has 2 fully saturated rings. The smallest absolute Gasteiger partial charge is 0.253 e. The van der Waals surface area contributed by atoms with Gasteiger partial charge in [0.05, 0.1) is 10.6 Å². The van der Waals surface area contributed by atoms with Crippen molar-refractivity contribution < 1.29 is 8.42 Å². The molecule has 5 nitrogen and oxygen atoms in total. The molecule has 0 spiro atoms. The highest BCUT2D eigenvalue weighted by Gasteiger charge is 2.28. The molecule has 2 aliphatic rings. The van der Waals surface area contributed by atoms with Gasteiger partial charge in [0.25, 0.3) is 5.56 Å². The molecule has 0 unspecified atom stereocenters. The van der Waals surface area contributed by atoms with E-state index in [2.05, 4.69) is 5.32 Å². The molecule has 1 heterocycles. The van der Waals surface area contributed by atoms with Crippen molar-refractivity contribution in [1.82, 2.24) is 4.57 Å². The largest absolute Gasteiger partial charge is 0.384 e. The van der Waals surface area contributed by atoms with E-state index < -0.39 is 9.84 Å². The fraction of sp³-hybridized carbons (Fsp3) is 0.476. The Morgan fingerprint density at radius 2 is 1.89 bits per heavy atom. The first-order valence-corrected chi connectivity index (χ1v) is 11.4. The van der Waals surface area contributed by atoms with E-state index in [4.69, 9.17) is 0 Å². The lowest BCUT2D eigenvalue weighted by Crippen LogP contribution is -2.20. The normalized spacial score (nSPS) is 17.1. The zero-order valence-corrected chi connectivity index (χ0v) is 16.7. The van der Waals surface area contributed by atoms with Gasteiger partial charge in [0, 0.05) is 42.2 Å². The van der Waals surface area contributed by atoms with Gasteiger partial charge < -0.3 is 9.88 Å². The van der Waals surface area contributed by atoms with Gasteiger partial charge in [-0.3, -0.25) is 4.79 Å². The average molecular weight is 387 g/mol. The molecule has 0 atom stereocenters. The Morgan fingerprint density at radius 1 is 1.15 bits per heavy atom. The summed E-state index contributed by atoms with van der Waals surface area (Å²) in [5, 5.41) is 3.49. The van der Waals surface area contributed by atoms with Crippen molar-refractivity contribution in [2.24, 2.45) is 13.0 Å². The third-order valence-electron chi connectivity index (χ3n) is 5.55. The second-order valence-corrected chi connectivity index (χ2v) is 10.1. The molecule has 6 heteroatoms. The topological polar surface area (TPSA) is 68.2 Å². The summed E-state index contributed by atoms with van der Waals surface area (Å²) in [5.41, 5.74) is 3.56. The van der Waals surface area contributed by atoms with E-state index in [0.29, 0.717) is 16.7 Å². The lowest BCUT2D eigenvalue weighted by Gasteiger charge is -2.16. The van der Waals surface area contributed by atoms with Gasteiger partial charge in [-0.05, 0) is 61.8 Å². The standard InChI is InChI=1S/C21H26N2O3S/c1-3-27(25,26)17-8-9-20(22-12-14-4-5-14)18(11-17)16-10-19(15-6-7-15)21(24)23(2)13-16/h8-11,13-15,22H,3-7,12H2,1-2H3. The maximum absolute atomic E-state index is 12.5. The van der Waals surface area contributed by atoms with Gasteiger partial charge in [-0.2, -0.15) is 0 Å². The summed E-state index contributed by atoms with van der Waals surface area (Å²) in [5.74, 6) is 1.12. The first-order chi connectivity index (χ1) is 12.9. The number of hydrogen-bond donors (Lipinski definition) is 1. The van der Waals surface area contributed by atoms with Crippen molar-refractivity contribution in [3.63, 3.8) is 0 Å². The summed E-state index contributed by atoms with van der Waals surface area (Å²) in [6, 6.07) is 7.26. The molecule has 2 aliphatic carbocycles. The average Bonchev–Trinajstić information content (AvgIpc) is 3.55. The number of nitrogens with one attached hydrogen (secondary N) is 1. The molecule has 2 saturated carbocycles. The number of rotatable bonds is 7. The monoisotopic (exact) mass is 386 g/mol. The Balaban J connectivity index is 1.83. The van der Waals surface area contributed by atoms with Crippen molar-refractivity contribution in [1.29, 1.82) is 0 Å². The van der Waals surface area contributed by atoms with E-state index in [0.717, 1.165) is 41.8 Å². The molecule has 2 aromatic rings. The third kappa shape index (κ3) is 3.81. The van der Waals surface area contributed by atoms with Crippen molar-refractivity contribution >= 4 is 15.5 Å². The zero-order valence-electron chi connectivity index (χ0n) is 15.9. The van der Waals surface area contributed by atoms with Gasteiger partial charge in [-0.25, -0.2) is 8.42 Å². The highest BCUT2D eigenvalue weighted by Crippen LogP contribution is 2.40. The van der Waals surface area contributed by atoms with Crippen LogP contribution in [0, 0.1) is 5.92 Å². The number of nitrogens with zero attached hydrogens (tertiary/aromatic N) is 1. The van der Waals surface area contributed by atoms with Crippen LogP contribution in [0.3, 0.4) is 0 Å². The molecule has 0 amide bonds. The molecule has 0 aliphatic heterocycles.